The highest BCUT2D eigenvalue weighted by Gasteiger charge is 2.18. The maximum Gasteiger partial charge on any atom is 0.236 e. The zero-order chi connectivity index (χ0) is 12.0. The molecule has 0 radical (unpaired) electrons. The van der Waals surface area contributed by atoms with Crippen LogP contribution in [-0.4, -0.2) is 18.4 Å². The van der Waals surface area contributed by atoms with Gasteiger partial charge in [0.05, 0.1) is 12.5 Å². The summed E-state index contributed by atoms with van der Waals surface area (Å²) < 4.78 is 0. The summed E-state index contributed by atoms with van der Waals surface area (Å²) in [5.74, 6) is -0.913. The monoisotopic (exact) mass is 220 g/mol. The zero-order valence-electron chi connectivity index (χ0n) is 9.27. The molecule has 86 valence electrons. The van der Waals surface area contributed by atoms with Crippen LogP contribution in [0.3, 0.4) is 0 Å². The summed E-state index contributed by atoms with van der Waals surface area (Å²) in [6.45, 7) is 1.82. The van der Waals surface area contributed by atoms with Crippen molar-refractivity contribution >= 4 is 11.8 Å². The molecule has 1 atom stereocenters. The van der Waals surface area contributed by atoms with Crippen molar-refractivity contribution in [2.24, 2.45) is 5.73 Å². The first-order valence-electron chi connectivity index (χ1n) is 5.26. The first kappa shape index (κ1) is 12.2. The van der Waals surface area contributed by atoms with E-state index in [2.05, 4.69) is 5.32 Å². The van der Waals surface area contributed by atoms with Gasteiger partial charge in [-0.1, -0.05) is 37.3 Å². The van der Waals surface area contributed by atoms with Gasteiger partial charge in [-0.05, 0) is 12.0 Å². The standard InChI is InChI=1S/C12H16N2O2/c1-2-10(9-6-4-3-5-7-9)12(16)14-8-11(13)15/h3-7,10H,2,8H2,1H3,(H2,13,15)(H,14,16). The van der Waals surface area contributed by atoms with Crippen LogP contribution in [0.2, 0.25) is 0 Å². The molecule has 0 aliphatic rings. The van der Waals surface area contributed by atoms with Crippen molar-refractivity contribution in [3.05, 3.63) is 35.9 Å². The number of rotatable bonds is 5. The fourth-order valence-electron chi connectivity index (χ4n) is 1.56. The Morgan fingerprint density at radius 2 is 1.94 bits per heavy atom. The average Bonchev–Trinajstić information content (AvgIpc) is 2.29. The van der Waals surface area contributed by atoms with Crippen LogP contribution >= 0.6 is 0 Å². The average molecular weight is 220 g/mol. The molecule has 0 heterocycles. The van der Waals surface area contributed by atoms with E-state index in [0.29, 0.717) is 6.42 Å². The second kappa shape index (κ2) is 5.90. The van der Waals surface area contributed by atoms with Crippen LogP contribution in [-0.2, 0) is 9.59 Å². The normalized spacial score (nSPS) is 11.8. The third kappa shape index (κ3) is 3.38. The lowest BCUT2D eigenvalue weighted by Crippen LogP contribution is -2.36. The fraction of sp³-hybridized carbons (Fsp3) is 0.333. The van der Waals surface area contributed by atoms with Crippen LogP contribution in [0.4, 0.5) is 0 Å². The molecule has 1 aromatic carbocycles. The van der Waals surface area contributed by atoms with Crippen molar-refractivity contribution < 1.29 is 9.59 Å². The molecule has 1 aromatic rings. The van der Waals surface area contributed by atoms with Gasteiger partial charge in [0.1, 0.15) is 0 Å². The van der Waals surface area contributed by atoms with E-state index in [1.165, 1.54) is 0 Å². The molecular formula is C12H16N2O2. The topological polar surface area (TPSA) is 72.2 Å². The fourth-order valence-corrected chi connectivity index (χ4v) is 1.56. The Morgan fingerprint density at radius 1 is 1.31 bits per heavy atom. The molecule has 0 spiro atoms. The second-order valence-corrected chi connectivity index (χ2v) is 3.56. The molecule has 1 rings (SSSR count). The number of primary amides is 1. The molecule has 1 unspecified atom stereocenters. The smallest absolute Gasteiger partial charge is 0.236 e. The Labute approximate surface area is 94.8 Å². The molecule has 16 heavy (non-hydrogen) atoms. The van der Waals surface area contributed by atoms with E-state index in [1.807, 2.05) is 37.3 Å². The van der Waals surface area contributed by atoms with Gasteiger partial charge in [0, 0.05) is 0 Å². The Kier molecular flexibility index (Phi) is 4.51. The first-order valence-corrected chi connectivity index (χ1v) is 5.26. The Morgan fingerprint density at radius 3 is 2.44 bits per heavy atom. The molecular weight excluding hydrogens is 204 g/mol. The largest absolute Gasteiger partial charge is 0.368 e. The van der Waals surface area contributed by atoms with Gasteiger partial charge in [-0.3, -0.25) is 9.59 Å². The molecule has 0 aliphatic heterocycles. The Bertz CT molecular complexity index is 363. The SMILES string of the molecule is CCC(C(=O)NCC(N)=O)c1ccccc1. The number of nitrogens with one attached hydrogen (secondary N) is 1. The third-order valence-electron chi connectivity index (χ3n) is 2.36. The second-order valence-electron chi connectivity index (χ2n) is 3.56. The molecule has 3 N–H and O–H groups in total. The van der Waals surface area contributed by atoms with E-state index in [4.69, 9.17) is 5.73 Å². The number of hydrogen-bond acceptors (Lipinski definition) is 2. The molecule has 2 amide bonds. The lowest BCUT2D eigenvalue weighted by Gasteiger charge is -2.14. The van der Waals surface area contributed by atoms with Crippen molar-refractivity contribution in [1.29, 1.82) is 0 Å². The molecule has 4 nitrogen and oxygen atoms in total. The zero-order valence-corrected chi connectivity index (χ0v) is 9.27. The van der Waals surface area contributed by atoms with Crippen LogP contribution in [0.15, 0.2) is 30.3 Å². The third-order valence-corrected chi connectivity index (χ3v) is 2.36. The molecule has 4 heteroatoms. The van der Waals surface area contributed by atoms with E-state index in [-0.39, 0.29) is 18.4 Å². The highest BCUT2D eigenvalue weighted by atomic mass is 16.2. The molecule has 0 fully saturated rings. The minimum absolute atomic E-state index is 0.109. The summed E-state index contributed by atoms with van der Waals surface area (Å²) in [7, 11) is 0. The number of carbonyl (C=O) groups is 2. The molecule has 0 aromatic heterocycles. The van der Waals surface area contributed by atoms with Crippen molar-refractivity contribution in [2.45, 2.75) is 19.3 Å². The number of amides is 2. The minimum Gasteiger partial charge on any atom is -0.368 e. The van der Waals surface area contributed by atoms with E-state index in [9.17, 15) is 9.59 Å². The highest BCUT2D eigenvalue weighted by molar-refractivity contribution is 5.87. The van der Waals surface area contributed by atoms with Gasteiger partial charge in [0.25, 0.3) is 0 Å². The van der Waals surface area contributed by atoms with Gasteiger partial charge in [-0.2, -0.15) is 0 Å². The highest BCUT2D eigenvalue weighted by Crippen LogP contribution is 2.18. The van der Waals surface area contributed by atoms with E-state index < -0.39 is 5.91 Å². The van der Waals surface area contributed by atoms with Crippen molar-refractivity contribution in [1.82, 2.24) is 5.32 Å². The lowest BCUT2D eigenvalue weighted by atomic mass is 9.96. The number of carbonyl (C=O) groups excluding carboxylic acids is 2. The summed E-state index contributed by atoms with van der Waals surface area (Å²) in [5, 5.41) is 2.52. The van der Waals surface area contributed by atoms with Crippen LogP contribution in [0, 0.1) is 0 Å². The van der Waals surface area contributed by atoms with Gasteiger partial charge in [0.15, 0.2) is 0 Å². The van der Waals surface area contributed by atoms with Crippen LogP contribution in [0.25, 0.3) is 0 Å². The van der Waals surface area contributed by atoms with Gasteiger partial charge in [-0.15, -0.1) is 0 Å². The van der Waals surface area contributed by atoms with E-state index in [0.717, 1.165) is 5.56 Å². The predicted octanol–water partition coefficient (Wildman–Crippen LogP) is 0.782. The van der Waals surface area contributed by atoms with E-state index in [1.54, 1.807) is 0 Å². The predicted molar refractivity (Wildman–Crippen MR) is 61.7 cm³/mol. The maximum atomic E-state index is 11.8. The molecule has 0 saturated heterocycles. The number of benzene rings is 1. The van der Waals surface area contributed by atoms with Gasteiger partial charge in [0.2, 0.25) is 11.8 Å². The number of hydrogen-bond donors (Lipinski definition) is 2. The molecule has 0 bridgehead atoms. The summed E-state index contributed by atoms with van der Waals surface area (Å²) in [6, 6.07) is 9.48. The van der Waals surface area contributed by atoms with Crippen LogP contribution < -0.4 is 11.1 Å². The van der Waals surface area contributed by atoms with Gasteiger partial charge < -0.3 is 11.1 Å². The van der Waals surface area contributed by atoms with Crippen LogP contribution in [0.1, 0.15) is 24.8 Å². The quantitative estimate of drug-likeness (QED) is 0.769. The summed E-state index contributed by atoms with van der Waals surface area (Å²) in [5.41, 5.74) is 5.92. The van der Waals surface area contributed by atoms with Crippen molar-refractivity contribution in [3.63, 3.8) is 0 Å². The van der Waals surface area contributed by atoms with E-state index >= 15 is 0 Å². The summed E-state index contributed by atoms with van der Waals surface area (Å²) in [4.78, 5) is 22.3. The first-order chi connectivity index (χ1) is 7.65. The molecule has 0 saturated carbocycles. The Balaban J connectivity index is 2.68. The van der Waals surface area contributed by atoms with Crippen LogP contribution in [0.5, 0.6) is 0 Å². The van der Waals surface area contributed by atoms with Crippen molar-refractivity contribution in [3.8, 4) is 0 Å². The Hall–Kier alpha value is -1.84. The van der Waals surface area contributed by atoms with Crippen molar-refractivity contribution in [2.75, 3.05) is 6.54 Å². The van der Waals surface area contributed by atoms with Gasteiger partial charge >= 0.3 is 0 Å². The van der Waals surface area contributed by atoms with Gasteiger partial charge in [-0.25, -0.2) is 0 Å². The maximum absolute atomic E-state index is 11.8. The molecule has 0 aliphatic carbocycles. The lowest BCUT2D eigenvalue weighted by molar-refractivity contribution is -0.125. The summed E-state index contributed by atoms with van der Waals surface area (Å²) >= 11 is 0. The number of nitrogens with two attached hydrogens (primary N) is 1. The summed E-state index contributed by atoms with van der Waals surface area (Å²) in [6.07, 6.45) is 0.689. The minimum atomic E-state index is -0.531.